The molecule has 0 bridgehead atoms. The van der Waals surface area contributed by atoms with Crippen molar-refractivity contribution in [2.45, 2.75) is 19.3 Å². The molecule has 6 nitrogen and oxygen atoms in total. The zero-order chi connectivity index (χ0) is 23.4. The van der Waals surface area contributed by atoms with Crippen molar-refractivity contribution in [1.82, 2.24) is 30.1 Å². The van der Waals surface area contributed by atoms with Gasteiger partial charge in [0, 0.05) is 18.1 Å². The largest absolute Gasteiger partial charge is 2.00 e. The Bertz CT molecular complexity index is 1160. The number of hydrogen-bond acceptors (Lipinski definition) is 5. The summed E-state index contributed by atoms with van der Waals surface area (Å²) in [6.45, 7) is 1.83. The van der Waals surface area contributed by atoms with E-state index in [4.69, 9.17) is 0 Å². The first-order valence-electron chi connectivity index (χ1n) is 8.78. The van der Waals surface area contributed by atoms with Gasteiger partial charge < -0.3 is 25.1 Å². The van der Waals surface area contributed by atoms with Crippen LogP contribution in [0.4, 0.5) is 26.3 Å². The average molecular weight is 645 g/mol. The summed E-state index contributed by atoms with van der Waals surface area (Å²) in [5.74, 6) is -1.20. The molecule has 4 rings (SSSR count). The summed E-state index contributed by atoms with van der Waals surface area (Å²) >= 11 is 0. The third-order valence-electron chi connectivity index (χ3n) is 3.80. The van der Waals surface area contributed by atoms with Gasteiger partial charge in [-0.15, -0.1) is 0 Å². The van der Waals surface area contributed by atoms with Crippen LogP contribution in [0, 0.1) is 13.1 Å². The Kier molecular flexibility index (Phi) is 8.43. The first-order valence-corrected chi connectivity index (χ1v) is 8.78. The van der Waals surface area contributed by atoms with E-state index in [1.807, 2.05) is 6.92 Å². The number of alkyl halides is 6. The maximum atomic E-state index is 12.3. The van der Waals surface area contributed by atoms with Gasteiger partial charge in [-0.25, -0.2) is 0 Å². The Morgan fingerprint density at radius 2 is 1.58 bits per heavy atom. The fourth-order valence-corrected chi connectivity index (χ4v) is 2.31. The summed E-state index contributed by atoms with van der Waals surface area (Å²) in [6, 6.07) is 9.36. The van der Waals surface area contributed by atoms with Gasteiger partial charge in [-0.3, -0.25) is 4.98 Å². The van der Waals surface area contributed by atoms with Crippen molar-refractivity contribution in [1.29, 1.82) is 0 Å². The normalized spacial score (nSPS) is 11.2. The van der Waals surface area contributed by atoms with Crippen molar-refractivity contribution in [2.75, 3.05) is 0 Å². The van der Waals surface area contributed by atoms with Gasteiger partial charge in [-0.05, 0) is 48.6 Å². The molecule has 13 heteroatoms. The first kappa shape index (κ1) is 26.1. The summed E-state index contributed by atoms with van der Waals surface area (Å²) in [4.78, 5) is 14.2. The van der Waals surface area contributed by atoms with E-state index in [9.17, 15) is 26.3 Å². The number of nitrogens with zero attached hydrogens (tertiary/aromatic N) is 6. The van der Waals surface area contributed by atoms with E-state index in [0.717, 1.165) is 17.8 Å². The van der Waals surface area contributed by atoms with Gasteiger partial charge >= 0.3 is 33.4 Å². The fraction of sp³-hybridized carbons (Fsp3) is 0.150. The van der Waals surface area contributed by atoms with Crippen LogP contribution in [0.2, 0.25) is 0 Å². The monoisotopic (exact) mass is 645 g/mol. The molecule has 0 aliphatic carbocycles. The minimum absolute atomic E-state index is 0. The fourth-order valence-electron chi connectivity index (χ4n) is 2.31. The number of aromatic nitrogens is 6. The average Bonchev–Trinajstić information content (AvgIpc) is 3.26. The quantitative estimate of drug-likeness (QED) is 0.231. The summed E-state index contributed by atoms with van der Waals surface area (Å²) in [5, 5.41) is 6.54. The van der Waals surface area contributed by atoms with E-state index in [-0.39, 0.29) is 26.8 Å². The van der Waals surface area contributed by atoms with Crippen molar-refractivity contribution >= 4 is 0 Å². The number of halogens is 6. The van der Waals surface area contributed by atoms with Gasteiger partial charge in [-0.2, -0.15) is 26.3 Å². The predicted molar refractivity (Wildman–Crippen MR) is 99.6 cm³/mol. The van der Waals surface area contributed by atoms with E-state index in [1.165, 1.54) is 12.4 Å². The molecule has 0 saturated carbocycles. The molecule has 0 amide bonds. The van der Waals surface area contributed by atoms with Crippen molar-refractivity contribution in [3.05, 3.63) is 78.3 Å². The summed E-state index contributed by atoms with van der Waals surface area (Å²) < 4.78 is 73.3. The smallest absolute Gasteiger partial charge is 0.573 e. The third-order valence-corrected chi connectivity index (χ3v) is 3.80. The second kappa shape index (κ2) is 10.6. The van der Waals surface area contributed by atoms with Crippen LogP contribution >= 0.6 is 0 Å². The number of rotatable bonds is 2. The third kappa shape index (κ3) is 7.18. The molecule has 4 aromatic rings. The Morgan fingerprint density at radius 1 is 0.848 bits per heavy atom. The molecule has 0 aliphatic heterocycles. The van der Waals surface area contributed by atoms with Gasteiger partial charge in [0.25, 0.3) is 0 Å². The van der Waals surface area contributed by atoms with Crippen LogP contribution in [0.1, 0.15) is 17.1 Å². The van der Waals surface area contributed by atoms with E-state index in [1.54, 1.807) is 30.3 Å². The molecule has 0 atom stereocenters. The van der Waals surface area contributed by atoms with Crippen LogP contribution in [0.3, 0.4) is 0 Å². The van der Waals surface area contributed by atoms with E-state index in [2.05, 4.69) is 36.3 Å². The zero-order valence-electron chi connectivity index (χ0n) is 16.5. The Balaban J connectivity index is 0.000000227. The van der Waals surface area contributed by atoms with Gasteiger partial charge in [-0.1, -0.05) is 29.6 Å². The van der Waals surface area contributed by atoms with Crippen LogP contribution in [0.5, 0.6) is 0 Å². The van der Waals surface area contributed by atoms with Crippen LogP contribution in [0.15, 0.2) is 55.0 Å². The van der Waals surface area contributed by atoms with Gasteiger partial charge in [0.05, 0.1) is 0 Å². The van der Waals surface area contributed by atoms with Crippen molar-refractivity contribution in [2.24, 2.45) is 0 Å². The van der Waals surface area contributed by atoms with Gasteiger partial charge in [0.1, 0.15) is 11.5 Å². The summed E-state index contributed by atoms with van der Waals surface area (Å²) in [6.07, 6.45) is -2.64. The molecular weight excluding hydrogens is 633 g/mol. The zero-order valence-corrected chi connectivity index (χ0v) is 18.7. The molecule has 0 aliphatic rings. The second-order valence-electron chi connectivity index (χ2n) is 6.26. The number of aryl methyl sites for hydroxylation is 1. The van der Waals surface area contributed by atoms with Crippen LogP contribution in [-0.4, -0.2) is 25.0 Å². The molecule has 0 saturated heterocycles. The molecule has 0 unspecified atom stereocenters. The molecule has 4 aromatic heterocycles. The van der Waals surface area contributed by atoms with Crippen LogP contribution < -0.4 is 5.10 Å². The van der Waals surface area contributed by atoms with Crippen LogP contribution in [0.25, 0.3) is 22.6 Å². The molecule has 0 aromatic carbocycles. The van der Waals surface area contributed by atoms with Gasteiger partial charge in [0.15, 0.2) is 0 Å². The molecule has 33 heavy (non-hydrogen) atoms. The maximum absolute atomic E-state index is 12.3. The SMILES string of the molecule is Cc1ccnc(-c2cc(C(F)(F)F)n[n-]2)c1.FC(F)(F)c1n[c-]c(-c2ccccn2)cn1.[Pt+2]. The standard InChI is InChI=1S/C10H7F3N3.C10H5F3N3.Pt/c1-6-2-3-14-7(4-6)8-5-9(16-15-8)10(11,12)13;11-10(12,13)9-15-5-7(6-16-9)8-3-1-2-4-14-8;/h2-5H,1H3;1-5H;/q2*-1;+2. The summed E-state index contributed by atoms with van der Waals surface area (Å²) in [7, 11) is 0. The maximum Gasteiger partial charge on any atom is 2.00 e. The summed E-state index contributed by atoms with van der Waals surface area (Å²) in [5.41, 5.74) is 1.25. The topological polar surface area (TPSA) is 78.5 Å². The minimum atomic E-state index is -4.54. The minimum Gasteiger partial charge on any atom is -0.573 e. The van der Waals surface area contributed by atoms with E-state index >= 15 is 0 Å². The Labute approximate surface area is 197 Å². The molecule has 0 fully saturated rings. The molecule has 0 N–H and O–H groups in total. The van der Waals surface area contributed by atoms with Crippen LogP contribution in [-0.2, 0) is 33.4 Å². The van der Waals surface area contributed by atoms with Gasteiger partial charge in [0.2, 0.25) is 0 Å². The molecule has 0 radical (unpaired) electrons. The van der Waals surface area contributed by atoms with E-state index < -0.39 is 23.9 Å². The Hall–Kier alpha value is -3.14. The van der Waals surface area contributed by atoms with E-state index in [0.29, 0.717) is 17.0 Å². The van der Waals surface area contributed by atoms with Crippen molar-refractivity contribution in [3.8, 4) is 22.6 Å². The molecular formula is C20H12F6N6Pt. The van der Waals surface area contributed by atoms with Crippen molar-refractivity contribution < 1.29 is 47.4 Å². The second-order valence-corrected chi connectivity index (χ2v) is 6.26. The molecule has 174 valence electrons. The number of hydrogen-bond donors (Lipinski definition) is 0. The first-order chi connectivity index (χ1) is 15.0. The molecule has 4 heterocycles. The molecule has 0 spiro atoms. The van der Waals surface area contributed by atoms with Crippen molar-refractivity contribution in [3.63, 3.8) is 0 Å². The Morgan fingerprint density at radius 3 is 2.09 bits per heavy atom. The predicted octanol–water partition coefficient (Wildman–Crippen LogP) is 4.78. The number of pyridine rings is 2.